The lowest BCUT2D eigenvalue weighted by Crippen LogP contribution is -2.35. The van der Waals surface area contributed by atoms with Crippen LogP contribution in [0.2, 0.25) is 0 Å². The number of rotatable bonds is 5. The maximum absolute atomic E-state index is 11.8. The van der Waals surface area contributed by atoms with Crippen LogP contribution in [0, 0.1) is 0 Å². The van der Waals surface area contributed by atoms with Gasteiger partial charge in [-0.1, -0.05) is 27.7 Å². The third kappa shape index (κ3) is 4.80. The van der Waals surface area contributed by atoms with Crippen molar-refractivity contribution in [2.24, 2.45) is 0 Å². The summed E-state index contributed by atoms with van der Waals surface area (Å²) in [6.45, 7) is 0. The summed E-state index contributed by atoms with van der Waals surface area (Å²) in [6.07, 6.45) is 2.27. The molecule has 1 aliphatic rings. The third-order valence-corrected chi connectivity index (χ3v) is 4.51. The molecule has 23 heavy (non-hydrogen) atoms. The topological polar surface area (TPSA) is 99.8 Å². The van der Waals surface area contributed by atoms with Crippen LogP contribution in [0.25, 0.3) is 0 Å². The summed E-state index contributed by atoms with van der Waals surface area (Å²) in [4.78, 5) is 27.8. The smallest absolute Gasteiger partial charge is 0.308 e. The predicted octanol–water partition coefficient (Wildman–Crippen LogP) is 2.89. The predicted molar refractivity (Wildman–Crippen MR) is 90.4 cm³/mol. The van der Waals surface area contributed by atoms with E-state index in [2.05, 4.69) is 41.7 Å². The van der Waals surface area contributed by atoms with E-state index in [1.54, 1.807) is 24.3 Å². The molecule has 0 spiro atoms. The molecule has 0 bridgehead atoms. The highest BCUT2D eigenvalue weighted by atomic mass is 79.9. The zero-order chi connectivity index (χ0) is 16.2. The molecule has 1 fully saturated rings. The number of H-pyrrole nitrogens is 1. The second kappa shape index (κ2) is 7.14. The molecule has 9 heteroatoms. The van der Waals surface area contributed by atoms with E-state index in [1.165, 1.54) is 11.8 Å². The Hall–Kier alpha value is -1.87. The van der Waals surface area contributed by atoms with E-state index in [1.807, 2.05) is 0 Å². The molecule has 1 aliphatic carbocycles. The molecule has 7 nitrogen and oxygen atoms in total. The number of halogens is 1. The van der Waals surface area contributed by atoms with Gasteiger partial charge in [-0.2, -0.15) is 0 Å². The number of benzene rings is 1. The van der Waals surface area contributed by atoms with E-state index in [0.29, 0.717) is 16.8 Å². The molecule has 0 radical (unpaired) electrons. The Balaban J connectivity index is 1.42. The summed E-state index contributed by atoms with van der Waals surface area (Å²) in [5.74, 6) is 1.04. The number of amides is 3. The molecule has 3 rings (SSSR count). The van der Waals surface area contributed by atoms with Crippen LogP contribution < -0.4 is 10.6 Å². The van der Waals surface area contributed by atoms with E-state index < -0.39 is 11.9 Å². The van der Waals surface area contributed by atoms with Crippen LogP contribution in [-0.2, 0) is 4.79 Å². The molecular weight excluding hydrogens is 382 g/mol. The lowest BCUT2D eigenvalue weighted by atomic mass is 10.3. The van der Waals surface area contributed by atoms with Gasteiger partial charge in [0.2, 0.25) is 11.1 Å². The fourth-order valence-corrected chi connectivity index (χ4v) is 2.72. The Kier molecular flexibility index (Phi) is 4.97. The van der Waals surface area contributed by atoms with Crippen molar-refractivity contribution in [1.29, 1.82) is 0 Å². The van der Waals surface area contributed by atoms with Crippen LogP contribution in [0.1, 0.15) is 24.6 Å². The Bertz CT molecular complexity index is 714. The highest BCUT2D eigenvalue weighted by Crippen LogP contribution is 2.38. The maximum Gasteiger partial charge on any atom is 0.325 e. The molecule has 1 heterocycles. The van der Waals surface area contributed by atoms with Gasteiger partial charge in [0.15, 0.2) is 0 Å². The van der Waals surface area contributed by atoms with Gasteiger partial charge in [-0.25, -0.2) is 9.78 Å². The lowest BCUT2D eigenvalue weighted by molar-refractivity contribution is -0.117. The average molecular weight is 396 g/mol. The number of urea groups is 1. The first-order valence-corrected chi connectivity index (χ1v) is 8.79. The zero-order valence-corrected chi connectivity index (χ0v) is 14.4. The summed E-state index contributed by atoms with van der Waals surface area (Å²) in [7, 11) is 0. The summed E-state index contributed by atoms with van der Waals surface area (Å²) in [5.41, 5.74) is 0.606. The van der Waals surface area contributed by atoms with E-state index in [-0.39, 0.29) is 5.75 Å². The van der Waals surface area contributed by atoms with Crippen molar-refractivity contribution in [2.75, 3.05) is 11.1 Å². The summed E-state index contributed by atoms with van der Waals surface area (Å²) in [5, 5.41) is 12.3. The first-order chi connectivity index (χ1) is 11.1. The summed E-state index contributed by atoms with van der Waals surface area (Å²) < 4.78 is 0.910. The SMILES string of the molecule is O=C(CSc1n[nH]c(C2CC2)n1)NC(=O)Nc1ccc(Br)cc1. The van der Waals surface area contributed by atoms with E-state index >= 15 is 0 Å². The molecule has 1 aromatic heterocycles. The molecule has 0 saturated heterocycles. The van der Waals surface area contributed by atoms with Gasteiger partial charge in [0, 0.05) is 16.1 Å². The third-order valence-electron chi connectivity index (χ3n) is 3.13. The Morgan fingerprint density at radius 3 is 2.74 bits per heavy atom. The number of thioether (sulfide) groups is 1. The molecule has 0 atom stereocenters. The van der Waals surface area contributed by atoms with Crippen molar-refractivity contribution in [3.63, 3.8) is 0 Å². The van der Waals surface area contributed by atoms with Gasteiger partial charge < -0.3 is 5.32 Å². The lowest BCUT2D eigenvalue weighted by Gasteiger charge is -2.06. The van der Waals surface area contributed by atoms with Crippen molar-refractivity contribution in [1.82, 2.24) is 20.5 Å². The number of carbonyl (C=O) groups is 2. The number of hydrogen-bond acceptors (Lipinski definition) is 5. The second-order valence-electron chi connectivity index (χ2n) is 5.08. The van der Waals surface area contributed by atoms with Crippen molar-refractivity contribution in [3.8, 4) is 0 Å². The van der Waals surface area contributed by atoms with Crippen LogP contribution >= 0.6 is 27.7 Å². The monoisotopic (exact) mass is 395 g/mol. The van der Waals surface area contributed by atoms with Gasteiger partial charge in [-0.15, -0.1) is 5.10 Å². The first kappa shape index (κ1) is 16.0. The van der Waals surface area contributed by atoms with Gasteiger partial charge in [-0.05, 0) is 37.1 Å². The molecule has 1 saturated carbocycles. The Morgan fingerprint density at radius 2 is 2.04 bits per heavy atom. The number of imide groups is 1. The van der Waals surface area contributed by atoms with E-state index in [4.69, 9.17) is 0 Å². The van der Waals surface area contributed by atoms with Crippen LogP contribution in [0.15, 0.2) is 33.9 Å². The normalized spacial score (nSPS) is 13.6. The van der Waals surface area contributed by atoms with Gasteiger partial charge in [0.25, 0.3) is 0 Å². The number of aromatic nitrogens is 3. The van der Waals surface area contributed by atoms with Crippen molar-refractivity contribution >= 4 is 45.3 Å². The minimum Gasteiger partial charge on any atom is -0.308 e. The standard InChI is InChI=1S/C14H14BrN5O2S/c15-9-3-5-10(6-4-9)16-13(22)17-11(21)7-23-14-18-12(19-20-14)8-1-2-8/h3-6,8H,1-2,7H2,(H,18,19,20)(H2,16,17,21,22). The van der Waals surface area contributed by atoms with Crippen molar-refractivity contribution in [3.05, 3.63) is 34.6 Å². The number of carbonyl (C=O) groups excluding carboxylic acids is 2. The number of aromatic amines is 1. The van der Waals surface area contributed by atoms with Crippen LogP contribution in [0.5, 0.6) is 0 Å². The number of hydrogen-bond donors (Lipinski definition) is 3. The largest absolute Gasteiger partial charge is 0.325 e. The molecule has 3 N–H and O–H groups in total. The van der Waals surface area contributed by atoms with Crippen LogP contribution in [-0.4, -0.2) is 32.9 Å². The first-order valence-electron chi connectivity index (χ1n) is 7.01. The van der Waals surface area contributed by atoms with Crippen LogP contribution in [0.3, 0.4) is 0 Å². The molecule has 0 aliphatic heterocycles. The summed E-state index contributed by atoms with van der Waals surface area (Å²) >= 11 is 4.50. The molecular formula is C14H14BrN5O2S. The van der Waals surface area contributed by atoms with Crippen molar-refractivity contribution < 1.29 is 9.59 Å². The quantitative estimate of drug-likeness (QED) is 0.675. The summed E-state index contributed by atoms with van der Waals surface area (Å²) in [6, 6.07) is 6.50. The van der Waals surface area contributed by atoms with E-state index in [0.717, 1.165) is 23.1 Å². The molecule has 2 aromatic rings. The van der Waals surface area contributed by atoms with Gasteiger partial charge >= 0.3 is 6.03 Å². The Labute approximate surface area is 145 Å². The average Bonchev–Trinajstić information content (AvgIpc) is 3.26. The fraction of sp³-hybridized carbons (Fsp3) is 0.286. The highest BCUT2D eigenvalue weighted by molar-refractivity contribution is 9.10. The molecule has 120 valence electrons. The zero-order valence-electron chi connectivity index (χ0n) is 12.0. The second-order valence-corrected chi connectivity index (χ2v) is 6.93. The molecule has 3 amide bonds. The fourth-order valence-electron chi connectivity index (χ4n) is 1.85. The van der Waals surface area contributed by atoms with Gasteiger partial charge in [0.1, 0.15) is 5.82 Å². The molecule has 1 aromatic carbocycles. The highest BCUT2D eigenvalue weighted by Gasteiger charge is 2.27. The van der Waals surface area contributed by atoms with Gasteiger partial charge in [-0.3, -0.25) is 15.2 Å². The molecule has 0 unspecified atom stereocenters. The minimum absolute atomic E-state index is 0.0791. The maximum atomic E-state index is 11.8. The Morgan fingerprint density at radius 1 is 1.30 bits per heavy atom. The number of nitrogens with zero attached hydrogens (tertiary/aromatic N) is 2. The van der Waals surface area contributed by atoms with Crippen molar-refractivity contribution in [2.45, 2.75) is 23.9 Å². The van der Waals surface area contributed by atoms with Crippen LogP contribution in [0.4, 0.5) is 10.5 Å². The van der Waals surface area contributed by atoms with E-state index in [9.17, 15) is 9.59 Å². The number of nitrogens with one attached hydrogen (secondary N) is 3. The minimum atomic E-state index is -0.563. The van der Waals surface area contributed by atoms with Gasteiger partial charge in [0.05, 0.1) is 5.75 Å². The number of anilines is 1.